The van der Waals surface area contributed by atoms with E-state index in [4.69, 9.17) is 0 Å². The highest BCUT2D eigenvalue weighted by atomic mass is 16.1. The van der Waals surface area contributed by atoms with E-state index < -0.39 is 0 Å². The maximum absolute atomic E-state index is 12.0. The number of carbonyl (C=O) groups is 1. The number of amides is 1. The lowest BCUT2D eigenvalue weighted by Crippen LogP contribution is -2.32. The summed E-state index contributed by atoms with van der Waals surface area (Å²) in [7, 11) is 0. The number of hydrogen-bond donors (Lipinski definition) is 2. The minimum Gasteiger partial charge on any atom is -0.385 e. The van der Waals surface area contributed by atoms with E-state index in [1.54, 1.807) is 0 Å². The first-order chi connectivity index (χ1) is 8.67. The molecule has 1 unspecified atom stereocenters. The fraction of sp³-hybridized carbons (Fsp3) is 0.533. The summed E-state index contributed by atoms with van der Waals surface area (Å²) in [5.41, 5.74) is 1.77. The third-order valence-electron chi connectivity index (χ3n) is 2.90. The van der Waals surface area contributed by atoms with Crippen LogP contribution in [0.2, 0.25) is 0 Å². The van der Waals surface area contributed by atoms with Crippen molar-refractivity contribution in [3.05, 3.63) is 29.8 Å². The van der Waals surface area contributed by atoms with Crippen LogP contribution in [-0.2, 0) is 0 Å². The first-order valence-corrected chi connectivity index (χ1v) is 6.82. The van der Waals surface area contributed by atoms with Crippen molar-refractivity contribution in [3.63, 3.8) is 0 Å². The van der Waals surface area contributed by atoms with E-state index in [9.17, 15) is 4.79 Å². The predicted octanol–water partition coefficient (Wildman–Crippen LogP) is 3.43. The molecule has 0 fully saturated rings. The molecule has 100 valence electrons. The van der Waals surface area contributed by atoms with Gasteiger partial charge in [-0.2, -0.15) is 0 Å². The third kappa shape index (κ3) is 4.78. The molecule has 0 spiro atoms. The number of unbranched alkanes of at least 4 members (excludes halogenated alkanes) is 1. The lowest BCUT2D eigenvalue weighted by atomic mass is 10.1. The zero-order valence-corrected chi connectivity index (χ0v) is 11.6. The van der Waals surface area contributed by atoms with Crippen molar-refractivity contribution in [1.82, 2.24) is 5.32 Å². The highest BCUT2D eigenvalue weighted by molar-refractivity contribution is 5.94. The highest BCUT2D eigenvalue weighted by Gasteiger charge is 2.08. The van der Waals surface area contributed by atoms with Crippen LogP contribution in [0.15, 0.2) is 24.3 Å². The lowest BCUT2D eigenvalue weighted by molar-refractivity contribution is 0.0938. The molecule has 1 aromatic carbocycles. The number of nitrogens with one attached hydrogen (secondary N) is 2. The molecule has 0 saturated heterocycles. The topological polar surface area (TPSA) is 41.1 Å². The Morgan fingerprint density at radius 2 is 1.89 bits per heavy atom. The van der Waals surface area contributed by atoms with Crippen LogP contribution in [0.5, 0.6) is 0 Å². The normalized spacial score (nSPS) is 11.9. The Morgan fingerprint density at radius 3 is 2.44 bits per heavy atom. The molecular formula is C15H24N2O. The van der Waals surface area contributed by atoms with Crippen molar-refractivity contribution in [2.24, 2.45) is 0 Å². The molecule has 1 rings (SSSR count). The standard InChI is InChI=1S/C15H24N2O/c1-4-6-7-12(3)17-15(18)13-8-10-14(11-9-13)16-5-2/h8-12,16H,4-7H2,1-3H3,(H,17,18). The Balaban J connectivity index is 2.50. The lowest BCUT2D eigenvalue weighted by Gasteiger charge is -2.13. The summed E-state index contributed by atoms with van der Waals surface area (Å²) >= 11 is 0. The Bertz CT molecular complexity index is 359. The molecular weight excluding hydrogens is 224 g/mol. The van der Waals surface area contributed by atoms with Crippen LogP contribution >= 0.6 is 0 Å². The van der Waals surface area contributed by atoms with Crippen LogP contribution in [0, 0.1) is 0 Å². The average Bonchev–Trinajstić information content (AvgIpc) is 2.37. The molecule has 1 aromatic rings. The molecule has 0 radical (unpaired) electrons. The van der Waals surface area contributed by atoms with E-state index in [1.165, 1.54) is 0 Å². The first-order valence-electron chi connectivity index (χ1n) is 6.82. The minimum atomic E-state index is 0.0154. The maximum atomic E-state index is 12.0. The number of anilines is 1. The van der Waals surface area contributed by atoms with E-state index in [2.05, 4.69) is 31.4 Å². The monoisotopic (exact) mass is 248 g/mol. The van der Waals surface area contributed by atoms with Gasteiger partial charge in [-0.25, -0.2) is 0 Å². The quantitative estimate of drug-likeness (QED) is 0.776. The summed E-state index contributed by atoms with van der Waals surface area (Å²) in [6.45, 7) is 7.16. The van der Waals surface area contributed by atoms with Gasteiger partial charge in [-0.1, -0.05) is 19.8 Å². The Labute approximate surface area is 110 Å². The van der Waals surface area contributed by atoms with Crippen LogP contribution < -0.4 is 10.6 Å². The fourth-order valence-corrected chi connectivity index (χ4v) is 1.83. The zero-order chi connectivity index (χ0) is 13.4. The molecule has 3 nitrogen and oxygen atoms in total. The van der Waals surface area contributed by atoms with Crippen LogP contribution in [0.1, 0.15) is 50.4 Å². The molecule has 3 heteroatoms. The van der Waals surface area contributed by atoms with Crippen molar-refractivity contribution in [2.75, 3.05) is 11.9 Å². The summed E-state index contributed by atoms with van der Waals surface area (Å²) in [5, 5.41) is 6.23. The molecule has 0 aliphatic carbocycles. The van der Waals surface area contributed by atoms with E-state index >= 15 is 0 Å². The van der Waals surface area contributed by atoms with Gasteiger partial charge >= 0.3 is 0 Å². The van der Waals surface area contributed by atoms with Crippen LogP contribution in [0.25, 0.3) is 0 Å². The predicted molar refractivity (Wildman–Crippen MR) is 77.1 cm³/mol. The van der Waals surface area contributed by atoms with Crippen LogP contribution in [0.3, 0.4) is 0 Å². The molecule has 1 atom stereocenters. The smallest absolute Gasteiger partial charge is 0.251 e. The van der Waals surface area contributed by atoms with E-state index in [0.717, 1.165) is 37.1 Å². The van der Waals surface area contributed by atoms with Gasteiger partial charge in [-0.05, 0) is 44.5 Å². The van der Waals surface area contributed by atoms with E-state index in [0.29, 0.717) is 0 Å². The molecule has 0 bridgehead atoms. The molecule has 1 amide bonds. The van der Waals surface area contributed by atoms with Crippen molar-refractivity contribution < 1.29 is 4.79 Å². The van der Waals surface area contributed by atoms with Gasteiger partial charge in [0.15, 0.2) is 0 Å². The second-order valence-corrected chi connectivity index (χ2v) is 4.62. The van der Waals surface area contributed by atoms with E-state index in [1.807, 2.05) is 24.3 Å². The Morgan fingerprint density at radius 1 is 1.22 bits per heavy atom. The molecule has 0 aromatic heterocycles. The van der Waals surface area contributed by atoms with Crippen molar-refractivity contribution in [2.45, 2.75) is 46.1 Å². The van der Waals surface area contributed by atoms with E-state index in [-0.39, 0.29) is 11.9 Å². The summed E-state index contributed by atoms with van der Waals surface area (Å²) < 4.78 is 0. The number of hydrogen-bond acceptors (Lipinski definition) is 2. The molecule has 0 aliphatic heterocycles. The fourth-order valence-electron chi connectivity index (χ4n) is 1.83. The van der Waals surface area contributed by atoms with Crippen LogP contribution in [-0.4, -0.2) is 18.5 Å². The van der Waals surface area contributed by atoms with Crippen LogP contribution in [0.4, 0.5) is 5.69 Å². The van der Waals surface area contributed by atoms with Crippen molar-refractivity contribution in [1.29, 1.82) is 0 Å². The summed E-state index contributed by atoms with van der Waals surface area (Å²) in [4.78, 5) is 12.0. The average molecular weight is 248 g/mol. The van der Waals surface area contributed by atoms with Gasteiger partial charge in [0, 0.05) is 23.8 Å². The van der Waals surface area contributed by atoms with Gasteiger partial charge in [-0.3, -0.25) is 4.79 Å². The van der Waals surface area contributed by atoms with Gasteiger partial charge in [0.25, 0.3) is 5.91 Å². The zero-order valence-electron chi connectivity index (χ0n) is 11.6. The number of carbonyl (C=O) groups excluding carboxylic acids is 1. The first kappa shape index (κ1) is 14.6. The highest BCUT2D eigenvalue weighted by Crippen LogP contribution is 2.09. The van der Waals surface area contributed by atoms with Crippen molar-refractivity contribution in [3.8, 4) is 0 Å². The van der Waals surface area contributed by atoms with Gasteiger partial charge in [0.05, 0.1) is 0 Å². The van der Waals surface area contributed by atoms with Gasteiger partial charge < -0.3 is 10.6 Å². The molecule has 0 aliphatic rings. The largest absolute Gasteiger partial charge is 0.385 e. The molecule has 2 N–H and O–H groups in total. The molecule has 0 saturated carbocycles. The number of benzene rings is 1. The maximum Gasteiger partial charge on any atom is 0.251 e. The van der Waals surface area contributed by atoms with Gasteiger partial charge in [-0.15, -0.1) is 0 Å². The molecule has 0 heterocycles. The van der Waals surface area contributed by atoms with Gasteiger partial charge in [0.1, 0.15) is 0 Å². The number of rotatable bonds is 7. The third-order valence-corrected chi connectivity index (χ3v) is 2.90. The van der Waals surface area contributed by atoms with Crippen molar-refractivity contribution >= 4 is 11.6 Å². The summed E-state index contributed by atoms with van der Waals surface area (Å²) in [6.07, 6.45) is 3.36. The second kappa shape index (κ2) is 7.75. The summed E-state index contributed by atoms with van der Waals surface area (Å²) in [6, 6.07) is 7.84. The molecule has 18 heavy (non-hydrogen) atoms. The minimum absolute atomic E-state index is 0.0154. The Hall–Kier alpha value is -1.51. The van der Waals surface area contributed by atoms with Gasteiger partial charge in [0.2, 0.25) is 0 Å². The Kier molecular flexibility index (Phi) is 6.26. The SMILES string of the molecule is CCCCC(C)NC(=O)c1ccc(NCC)cc1. The second-order valence-electron chi connectivity index (χ2n) is 4.62. The summed E-state index contributed by atoms with van der Waals surface area (Å²) in [5.74, 6) is 0.0154.